The van der Waals surface area contributed by atoms with Gasteiger partial charge in [-0.05, 0) is 201 Å². The number of para-hydroxylation sites is 2. The number of hydrogen-bond donors (Lipinski definition) is 15. The zero-order valence-electron chi connectivity index (χ0n) is 70.1. The number of hydrogen-bond acceptors (Lipinski definition) is 20. The van der Waals surface area contributed by atoms with Gasteiger partial charge >= 0.3 is 6.18 Å². The van der Waals surface area contributed by atoms with Gasteiger partial charge in [-0.15, -0.1) is 11.3 Å². The molecule has 0 aliphatic heterocycles. The molecule has 3 aromatic heterocycles. The molecule has 0 bridgehead atoms. The summed E-state index contributed by atoms with van der Waals surface area (Å²) >= 11 is 7.41. The first kappa shape index (κ1) is 98.3. The summed E-state index contributed by atoms with van der Waals surface area (Å²) in [6, 6.07) is 63.6. The molecule has 128 heavy (non-hydrogen) atoms. The van der Waals surface area contributed by atoms with Crippen molar-refractivity contribution in [2.24, 2.45) is 12.5 Å². The standard InChI is InChI=1S/C22H25N3O3.C19H19F3N2O3.C18H17N3O4S.C17H15N3O3S.C15H15ClN2O4S/c1-22(2,3)19(14-9-11-15(12-10-14)20(26)24-28)23-21(27)18-13-16-7-5-6-8-17(16)25(18)4;1-11-6-13(8-16(7-11)19(20,21)22)9-17(25)23-12(2)14-4-3-5-15(10-14)18(26)24-27;1-12(13-7-9-15(10-8-13)18(22)20-23)21-26(24,25)16-6-2-4-14-5-3-11-19-17(14)16;1-10(11-2-4-12(5-3-11)17(22)20-23)19-16(21)13-6-7-14-15(8-13)24-9-18-14;1-10(11-6-8-12(9-7-11)15(19)17-20)18-23(21,22)14-5-3-2-4-13(14)16/h5-13,19,28H,1-4H3,(H,23,27)(H,24,26);3-8,10,12,27H,9H2,1-2H3,(H,23,25)(H,24,26);2-12,21,23H,1H3,(H,20,22);2-10,23H,1H3,(H,19,21)(H,20,22);2-10,18,20H,1H3,(H,17,19). The molecule has 5 atom stereocenters. The van der Waals surface area contributed by atoms with Crippen LogP contribution >= 0.6 is 22.9 Å². The van der Waals surface area contributed by atoms with Crippen molar-refractivity contribution in [3.05, 3.63) is 343 Å². The van der Waals surface area contributed by atoms with E-state index in [-0.39, 0.29) is 72.8 Å². The molecule has 0 aliphatic rings. The summed E-state index contributed by atoms with van der Waals surface area (Å²) in [7, 11) is -5.69. The highest BCUT2D eigenvalue weighted by Crippen LogP contribution is 2.35. The van der Waals surface area contributed by atoms with Crippen LogP contribution in [0.5, 0.6) is 0 Å². The number of pyridine rings is 1. The van der Waals surface area contributed by atoms with Gasteiger partial charge in [-0.25, -0.2) is 58.7 Å². The van der Waals surface area contributed by atoms with Gasteiger partial charge < -0.3 is 20.5 Å². The van der Waals surface area contributed by atoms with Crippen molar-refractivity contribution in [1.82, 2.24) is 67.3 Å². The number of fused-ring (bicyclic) bond motifs is 3. The molecule has 5 unspecified atom stereocenters. The molecule has 15 N–H and O–H groups in total. The highest BCUT2D eigenvalue weighted by atomic mass is 35.5. The number of rotatable bonds is 23. The van der Waals surface area contributed by atoms with E-state index in [2.05, 4.69) is 35.4 Å². The van der Waals surface area contributed by atoms with Crippen LogP contribution in [0.4, 0.5) is 13.2 Å². The van der Waals surface area contributed by atoms with Gasteiger partial charge in [0.05, 0.1) is 56.4 Å². The van der Waals surface area contributed by atoms with E-state index in [4.69, 9.17) is 37.6 Å². The number of alkyl halides is 3. The lowest BCUT2D eigenvalue weighted by atomic mass is 9.82. The lowest BCUT2D eigenvalue weighted by molar-refractivity contribution is -0.137. The molecule has 0 saturated carbocycles. The lowest BCUT2D eigenvalue weighted by Gasteiger charge is -2.32. The zero-order valence-corrected chi connectivity index (χ0v) is 73.3. The van der Waals surface area contributed by atoms with Crippen LogP contribution in [0.25, 0.3) is 32.0 Å². The molecule has 668 valence electrons. The molecule has 0 fully saturated rings. The minimum absolute atomic E-state index is 0.00444. The molecule has 10 aromatic carbocycles. The number of thiazole rings is 1. The summed E-state index contributed by atoms with van der Waals surface area (Å²) in [5.74, 6) is -3.87. The maximum absolute atomic E-state index is 13.1. The Morgan fingerprint density at radius 1 is 0.445 bits per heavy atom. The molecule has 0 radical (unpaired) electrons. The number of benzene rings is 10. The van der Waals surface area contributed by atoms with Gasteiger partial charge in [0, 0.05) is 75.0 Å². The summed E-state index contributed by atoms with van der Waals surface area (Å²) in [5, 5.41) is 53.9. The molecule has 37 heteroatoms. The van der Waals surface area contributed by atoms with E-state index in [0.717, 1.165) is 49.8 Å². The van der Waals surface area contributed by atoms with Crippen molar-refractivity contribution in [2.75, 3.05) is 0 Å². The van der Waals surface area contributed by atoms with Crippen molar-refractivity contribution in [2.45, 2.75) is 108 Å². The first-order chi connectivity index (χ1) is 60.7. The maximum Gasteiger partial charge on any atom is 0.416 e. The van der Waals surface area contributed by atoms with Crippen molar-refractivity contribution >= 4 is 122 Å². The van der Waals surface area contributed by atoms with Crippen LogP contribution in [-0.4, -0.2) is 105 Å². The minimum Gasteiger partial charge on any atom is -0.349 e. The first-order valence-electron chi connectivity index (χ1n) is 39.0. The Balaban J connectivity index is 0.000000181. The van der Waals surface area contributed by atoms with Gasteiger partial charge in [0.2, 0.25) is 26.0 Å². The van der Waals surface area contributed by atoms with E-state index < -0.39 is 85.4 Å². The number of sulfonamides is 2. The number of carbonyl (C=O) groups excluding carboxylic acids is 8. The summed E-state index contributed by atoms with van der Waals surface area (Å²) in [6.07, 6.45) is -3.13. The lowest BCUT2D eigenvalue weighted by Crippen LogP contribution is -2.37. The molecular weight excluding hydrogens is 1740 g/mol. The SMILES string of the molecule is CC(NC(=O)c1ccc2ncsc2c1)c1ccc(C(=O)NO)cc1.CC(NS(=O)(=O)c1cccc2cccnc12)c1ccc(C(=O)NO)cc1.CC(NS(=O)(=O)c1ccccc1Cl)c1ccc(C(=O)NO)cc1.Cc1cc(CC(=O)NC(C)c2cccc(C(=O)NO)c2)cc(C(F)(F)F)c1.Cn1c(C(=O)NC(c2ccc(C(=O)NO)cc2)C(C)(C)C)cc2ccccc21. The number of hydroxylamine groups is 5. The summed E-state index contributed by atoms with van der Waals surface area (Å²) in [6.45, 7) is 14.6. The predicted octanol–water partition coefficient (Wildman–Crippen LogP) is 15.2. The Bertz CT molecular complexity index is 6400. The van der Waals surface area contributed by atoms with Crippen LogP contribution in [0.15, 0.2) is 264 Å². The number of aryl methyl sites for hydroxylation is 2. The Kier molecular flexibility index (Phi) is 33.9. The molecule has 0 saturated heterocycles. The molecule has 8 amide bonds. The van der Waals surface area contributed by atoms with E-state index in [0.29, 0.717) is 50.2 Å². The number of halogens is 4. The van der Waals surface area contributed by atoms with Crippen LogP contribution in [0.3, 0.4) is 0 Å². The van der Waals surface area contributed by atoms with Gasteiger partial charge in [0.25, 0.3) is 41.4 Å². The summed E-state index contributed by atoms with van der Waals surface area (Å²) in [5.41, 5.74) is 17.8. The van der Waals surface area contributed by atoms with Gasteiger partial charge in [-0.2, -0.15) is 13.2 Å². The average Bonchev–Trinajstić information content (AvgIpc) is 1.41. The largest absolute Gasteiger partial charge is 0.416 e. The van der Waals surface area contributed by atoms with Crippen molar-refractivity contribution in [1.29, 1.82) is 0 Å². The van der Waals surface area contributed by atoms with E-state index in [1.54, 1.807) is 176 Å². The second kappa shape index (κ2) is 44.1. The van der Waals surface area contributed by atoms with E-state index in [1.165, 1.54) is 89.9 Å². The van der Waals surface area contributed by atoms with E-state index in [9.17, 15) is 68.4 Å². The second-order valence-electron chi connectivity index (χ2n) is 30.1. The minimum atomic E-state index is -4.47. The number of carbonyl (C=O) groups is 8. The topological polar surface area (TPSA) is 457 Å². The fourth-order valence-corrected chi connectivity index (χ4v) is 17.0. The van der Waals surface area contributed by atoms with Gasteiger partial charge in [-0.1, -0.05) is 153 Å². The quantitative estimate of drug-likeness (QED) is 0.0209. The molecule has 3 heterocycles. The van der Waals surface area contributed by atoms with E-state index in [1.807, 2.05) is 81.8 Å². The van der Waals surface area contributed by atoms with Crippen molar-refractivity contribution in [3.8, 4) is 0 Å². The number of amides is 8. The van der Waals surface area contributed by atoms with Crippen LogP contribution in [0.2, 0.25) is 5.02 Å². The van der Waals surface area contributed by atoms with Gasteiger partial charge in [-0.3, -0.25) is 69.4 Å². The molecule has 13 aromatic rings. The van der Waals surface area contributed by atoms with Gasteiger partial charge in [0.15, 0.2) is 0 Å². The predicted molar refractivity (Wildman–Crippen MR) is 474 cm³/mol. The van der Waals surface area contributed by atoms with E-state index >= 15 is 0 Å². The van der Waals surface area contributed by atoms with Crippen LogP contribution in [-0.2, 0) is 44.5 Å². The fraction of sp³-hybridized carbons (Fsp3) is 0.187. The Morgan fingerprint density at radius 3 is 1.42 bits per heavy atom. The average molecular weight is 1830 g/mol. The summed E-state index contributed by atoms with van der Waals surface area (Å²) < 4.78 is 97.0. The Hall–Kier alpha value is -13.5. The number of aromatic nitrogens is 3. The molecule has 13 rings (SSSR count). The third-order valence-electron chi connectivity index (χ3n) is 19.8. The second-order valence-corrected chi connectivity index (χ2v) is 34.7. The third kappa shape index (κ3) is 26.3. The number of nitrogens with zero attached hydrogens (tertiary/aromatic N) is 3. The Labute approximate surface area is 742 Å². The van der Waals surface area contributed by atoms with Crippen molar-refractivity contribution < 1.29 is 94.4 Å². The fourth-order valence-electron chi connectivity index (χ4n) is 13.1. The monoisotopic (exact) mass is 1830 g/mol. The Morgan fingerprint density at radius 2 is 0.898 bits per heavy atom. The highest BCUT2D eigenvalue weighted by Gasteiger charge is 2.33. The molecule has 0 aliphatic carbocycles. The molecular formula is C91H91ClF3N13O17S3. The smallest absolute Gasteiger partial charge is 0.349 e. The normalized spacial score (nSPS) is 12.5. The van der Waals surface area contributed by atoms with Crippen LogP contribution < -0.4 is 52.8 Å². The number of nitrogens with one attached hydrogen (secondary N) is 10. The highest BCUT2D eigenvalue weighted by molar-refractivity contribution is 7.90. The summed E-state index contributed by atoms with van der Waals surface area (Å²) in [4.78, 5) is 103. The third-order valence-corrected chi connectivity index (χ3v) is 24.2. The van der Waals surface area contributed by atoms with Crippen LogP contribution in [0, 0.1) is 12.3 Å². The maximum atomic E-state index is 13.1. The molecule has 0 spiro atoms. The van der Waals surface area contributed by atoms with Crippen molar-refractivity contribution in [3.63, 3.8) is 0 Å². The van der Waals surface area contributed by atoms with Gasteiger partial charge in [0.1, 0.15) is 15.5 Å². The molecule has 30 nitrogen and oxygen atoms in total. The first-order valence-corrected chi connectivity index (χ1v) is 43.2. The zero-order chi connectivity index (χ0) is 93.5. The van der Waals surface area contributed by atoms with Crippen LogP contribution in [0.1, 0.15) is 196 Å².